The monoisotopic (exact) mass is 230 g/mol. The lowest BCUT2D eigenvalue weighted by molar-refractivity contribution is 0.315. The van der Waals surface area contributed by atoms with Gasteiger partial charge in [0, 0.05) is 12.4 Å². The quantitative estimate of drug-likeness (QED) is 0.361. The Kier molecular flexibility index (Phi) is 3.40. The van der Waals surface area contributed by atoms with Gasteiger partial charge in [0.15, 0.2) is 0 Å². The van der Waals surface area contributed by atoms with E-state index in [1.165, 1.54) is 0 Å². The highest BCUT2D eigenvalue weighted by Crippen LogP contribution is 2.17. The van der Waals surface area contributed by atoms with Crippen molar-refractivity contribution in [2.24, 2.45) is 10.9 Å². The van der Waals surface area contributed by atoms with Crippen LogP contribution < -0.4 is 5.73 Å². The molecule has 0 fully saturated rings. The van der Waals surface area contributed by atoms with E-state index in [-0.39, 0.29) is 11.8 Å². The summed E-state index contributed by atoms with van der Waals surface area (Å²) in [6.07, 6.45) is 3.55. The molecular formula is C12H14N4O. The molecule has 0 spiro atoms. The van der Waals surface area contributed by atoms with E-state index in [1.807, 2.05) is 42.6 Å². The second-order valence-electron chi connectivity index (χ2n) is 3.72. The lowest BCUT2D eigenvalue weighted by Gasteiger charge is -2.15. The fourth-order valence-corrected chi connectivity index (χ4v) is 1.72. The third-order valence-corrected chi connectivity index (χ3v) is 2.60. The molecule has 1 atom stereocenters. The summed E-state index contributed by atoms with van der Waals surface area (Å²) in [6, 6.07) is 11.5. The van der Waals surface area contributed by atoms with E-state index in [9.17, 15) is 0 Å². The van der Waals surface area contributed by atoms with Crippen LogP contribution in [0.15, 0.2) is 53.9 Å². The maximum atomic E-state index is 8.83. The Morgan fingerprint density at radius 1 is 1.35 bits per heavy atom. The SMILES string of the molecule is NC(=NO)C(Cn1cccn1)c1ccccc1. The zero-order chi connectivity index (χ0) is 12.1. The van der Waals surface area contributed by atoms with E-state index in [4.69, 9.17) is 10.9 Å². The molecule has 88 valence electrons. The van der Waals surface area contributed by atoms with Crippen molar-refractivity contribution in [2.45, 2.75) is 12.5 Å². The summed E-state index contributed by atoms with van der Waals surface area (Å²) in [7, 11) is 0. The standard InChI is InChI=1S/C12H14N4O/c13-12(15-17)11(9-16-8-4-7-14-16)10-5-2-1-3-6-10/h1-8,11,17H,9H2,(H2,13,15). The lowest BCUT2D eigenvalue weighted by atomic mass is 9.98. The van der Waals surface area contributed by atoms with Crippen LogP contribution in [0.1, 0.15) is 11.5 Å². The summed E-state index contributed by atoms with van der Waals surface area (Å²) in [5.74, 6) is 0.00722. The number of amidine groups is 1. The van der Waals surface area contributed by atoms with Gasteiger partial charge in [-0.2, -0.15) is 5.10 Å². The molecule has 0 amide bonds. The highest BCUT2D eigenvalue weighted by Gasteiger charge is 2.17. The van der Waals surface area contributed by atoms with Crippen molar-refractivity contribution < 1.29 is 5.21 Å². The van der Waals surface area contributed by atoms with Gasteiger partial charge in [-0.25, -0.2) is 0 Å². The van der Waals surface area contributed by atoms with Gasteiger partial charge in [0.05, 0.1) is 12.5 Å². The van der Waals surface area contributed by atoms with Crippen molar-refractivity contribution in [1.29, 1.82) is 0 Å². The van der Waals surface area contributed by atoms with Crippen LogP contribution in [0.25, 0.3) is 0 Å². The van der Waals surface area contributed by atoms with Gasteiger partial charge in [-0.15, -0.1) is 0 Å². The molecule has 5 heteroatoms. The summed E-state index contributed by atoms with van der Waals surface area (Å²) in [6.45, 7) is 0.549. The van der Waals surface area contributed by atoms with Crippen LogP contribution >= 0.6 is 0 Å². The Balaban J connectivity index is 2.26. The average molecular weight is 230 g/mol. The molecule has 1 unspecified atom stereocenters. The van der Waals surface area contributed by atoms with Crippen LogP contribution in [0.2, 0.25) is 0 Å². The molecule has 2 aromatic rings. The van der Waals surface area contributed by atoms with Gasteiger partial charge in [0.2, 0.25) is 0 Å². The summed E-state index contributed by atoms with van der Waals surface area (Å²) in [5, 5.41) is 16.1. The Hall–Kier alpha value is -2.30. The minimum atomic E-state index is -0.180. The van der Waals surface area contributed by atoms with E-state index >= 15 is 0 Å². The van der Waals surface area contributed by atoms with Crippen LogP contribution in [0, 0.1) is 0 Å². The van der Waals surface area contributed by atoms with Crippen LogP contribution in [-0.4, -0.2) is 20.8 Å². The normalized spacial score (nSPS) is 13.5. The topological polar surface area (TPSA) is 76.4 Å². The third-order valence-electron chi connectivity index (χ3n) is 2.60. The maximum Gasteiger partial charge on any atom is 0.148 e. The smallest absolute Gasteiger partial charge is 0.148 e. The zero-order valence-corrected chi connectivity index (χ0v) is 9.27. The summed E-state index contributed by atoms with van der Waals surface area (Å²) < 4.78 is 1.76. The molecule has 1 aromatic heterocycles. The molecule has 2 rings (SSSR count). The second kappa shape index (κ2) is 5.16. The number of nitrogens with two attached hydrogens (primary N) is 1. The van der Waals surface area contributed by atoms with Crippen molar-refractivity contribution in [3.63, 3.8) is 0 Å². The van der Waals surface area contributed by atoms with E-state index in [0.29, 0.717) is 6.54 Å². The van der Waals surface area contributed by atoms with Crippen LogP contribution in [0.3, 0.4) is 0 Å². The van der Waals surface area contributed by atoms with Gasteiger partial charge in [0.25, 0.3) is 0 Å². The van der Waals surface area contributed by atoms with Crippen molar-refractivity contribution in [3.8, 4) is 0 Å². The largest absolute Gasteiger partial charge is 0.409 e. The fourth-order valence-electron chi connectivity index (χ4n) is 1.72. The average Bonchev–Trinajstić information content (AvgIpc) is 2.89. The molecule has 0 aliphatic heterocycles. The van der Waals surface area contributed by atoms with Crippen LogP contribution in [-0.2, 0) is 6.54 Å². The van der Waals surface area contributed by atoms with Crippen molar-refractivity contribution in [2.75, 3.05) is 0 Å². The van der Waals surface area contributed by atoms with Gasteiger partial charge >= 0.3 is 0 Å². The van der Waals surface area contributed by atoms with Crippen molar-refractivity contribution >= 4 is 5.84 Å². The number of aromatic nitrogens is 2. The molecule has 0 saturated heterocycles. The first kappa shape index (κ1) is 11.2. The van der Waals surface area contributed by atoms with Gasteiger partial charge in [-0.1, -0.05) is 35.5 Å². The number of hydrogen-bond acceptors (Lipinski definition) is 3. The molecule has 1 heterocycles. The van der Waals surface area contributed by atoms with Gasteiger partial charge < -0.3 is 10.9 Å². The summed E-state index contributed by atoms with van der Waals surface area (Å²) >= 11 is 0. The Bertz CT molecular complexity index is 478. The molecule has 0 radical (unpaired) electrons. The third kappa shape index (κ3) is 2.63. The van der Waals surface area contributed by atoms with Crippen LogP contribution in [0.5, 0.6) is 0 Å². The fraction of sp³-hybridized carbons (Fsp3) is 0.167. The van der Waals surface area contributed by atoms with E-state index in [2.05, 4.69) is 10.3 Å². The minimum Gasteiger partial charge on any atom is -0.409 e. The van der Waals surface area contributed by atoms with Gasteiger partial charge in [0.1, 0.15) is 5.84 Å². The van der Waals surface area contributed by atoms with E-state index < -0.39 is 0 Å². The predicted molar refractivity (Wildman–Crippen MR) is 64.8 cm³/mol. The highest BCUT2D eigenvalue weighted by atomic mass is 16.4. The maximum absolute atomic E-state index is 8.83. The van der Waals surface area contributed by atoms with Gasteiger partial charge in [-0.3, -0.25) is 4.68 Å². The molecule has 0 bridgehead atoms. The van der Waals surface area contributed by atoms with Crippen LogP contribution in [0.4, 0.5) is 0 Å². The first-order valence-electron chi connectivity index (χ1n) is 5.31. The predicted octanol–water partition coefficient (Wildman–Crippen LogP) is 1.41. The van der Waals surface area contributed by atoms with Crippen molar-refractivity contribution in [1.82, 2.24) is 9.78 Å². The second-order valence-corrected chi connectivity index (χ2v) is 3.72. The Morgan fingerprint density at radius 2 is 2.12 bits per heavy atom. The number of hydrogen-bond donors (Lipinski definition) is 2. The molecule has 0 aliphatic rings. The molecule has 0 saturated carbocycles. The first-order valence-corrected chi connectivity index (χ1v) is 5.31. The molecule has 17 heavy (non-hydrogen) atoms. The van der Waals surface area contributed by atoms with Gasteiger partial charge in [-0.05, 0) is 11.6 Å². The number of nitrogens with zero attached hydrogens (tertiary/aromatic N) is 3. The Morgan fingerprint density at radius 3 is 2.71 bits per heavy atom. The minimum absolute atomic E-state index is 0.180. The summed E-state index contributed by atoms with van der Waals surface area (Å²) in [4.78, 5) is 0. The molecule has 5 nitrogen and oxygen atoms in total. The first-order chi connectivity index (χ1) is 8.31. The summed E-state index contributed by atoms with van der Waals surface area (Å²) in [5.41, 5.74) is 6.72. The molecule has 0 aliphatic carbocycles. The Labute approximate surface area is 99.2 Å². The highest BCUT2D eigenvalue weighted by molar-refractivity contribution is 5.86. The van der Waals surface area contributed by atoms with Crippen molar-refractivity contribution in [3.05, 3.63) is 54.4 Å². The lowest BCUT2D eigenvalue weighted by Crippen LogP contribution is -2.26. The number of benzene rings is 1. The molecule has 3 N–H and O–H groups in total. The van der Waals surface area contributed by atoms with E-state index in [0.717, 1.165) is 5.56 Å². The molecule has 1 aromatic carbocycles. The number of oxime groups is 1. The number of rotatable bonds is 4. The molecular weight excluding hydrogens is 216 g/mol. The zero-order valence-electron chi connectivity index (χ0n) is 9.27. The van der Waals surface area contributed by atoms with E-state index in [1.54, 1.807) is 10.9 Å².